The number of anilines is 2. The molecule has 1 aliphatic carbocycles. The van der Waals surface area contributed by atoms with E-state index in [4.69, 9.17) is 0 Å². The third-order valence-corrected chi connectivity index (χ3v) is 7.16. The Labute approximate surface area is 226 Å². The minimum Gasteiger partial charge on any atom is -0.633 e. The molecule has 0 saturated carbocycles. The van der Waals surface area contributed by atoms with Crippen molar-refractivity contribution in [3.05, 3.63) is 63.3 Å². The second-order valence-corrected chi connectivity index (χ2v) is 10.3. The molecule has 0 amide bonds. The Morgan fingerprint density at radius 2 is 1.08 bits per heavy atom. The molecule has 0 spiro atoms. The maximum absolute atomic E-state index is 13.6. The fraction of sp³-hybridized carbons (Fsp3) is 0.552. The van der Waals surface area contributed by atoms with Crippen LogP contribution in [0.2, 0.25) is 0 Å². The van der Waals surface area contributed by atoms with Gasteiger partial charge in [0, 0.05) is 29.3 Å². The average Bonchev–Trinajstić information content (AvgIpc) is 2.88. The number of aromatic nitrogens is 1. The van der Waals surface area contributed by atoms with Gasteiger partial charge in [0.2, 0.25) is 0 Å². The van der Waals surface area contributed by atoms with E-state index in [1.165, 1.54) is 12.4 Å². The highest BCUT2D eigenvalue weighted by atomic mass is 16.5. The zero-order valence-electron chi connectivity index (χ0n) is 23.3. The Bertz CT molecular complexity index is 1020. The minimum absolute atomic E-state index is 0.251. The van der Waals surface area contributed by atoms with Crippen molar-refractivity contribution in [3.8, 4) is 0 Å². The number of fused-ring (bicyclic) bond motifs is 2. The predicted octanol–water partition coefficient (Wildman–Crippen LogP) is 4.95. The number of pyridine rings is 1. The maximum Gasteiger partial charge on any atom is 0.198 e. The van der Waals surface area contributed by atoms with Crippen molar-refractivity contribution in [2.45, 2.75) is 53.4 Å². The quantitative estimate of drug-likeness (QED) is 0.201. The number of benzene rings is 1. The zero-order valence-corrected chi connectivity index (χ0v) is 23.3. The Kier molecular flexibility index (Phi) is 10.4. The predicted molar refractivity (Wildman–Crippen MR) is 152 cm³/mol. The number of ketones is 2. The third-order valence-electron chi connectivity index (χ3n) is 7.16. The summed E-state index contributed by atoms with van der Waals surface area (Å²) in [6, 6.07) is 5.14. The highest BCUT2D eigenvalue weighted by Gasteiger charge is 2.34. The summed E-state index contributed by atoms with van der Waals surface area (Å²) >= 11 is 0. The third kappa shape index (κ3) is 6.77. The molecular formula is C29H43N5O4. The summed E-state index contributed by atoms with van der Waals surface area (Å²) in [5.74, 6) is -0.524. The van der Waals surface area contributed by atoms with Crippen LogP contribution in [0.3, 0.4) is 0 Å². The van der Waals surface area contributed by atoms with E-state index in [9.17, 15) is 20.0 Å². The number of quaternary nitrogens is 2. The number of rotatable bonds is 16. The second kappa shape index (κ2) is 13.3. The van der Waals surface area contributed by atoms with Gasteiger partial charge in [-0.05, 0) is 43.9 Å². The summed E-state index contributed by atoms with van der Waals surface area (Å²) in [7, 11) is 0. The van der Waals surface area contributed by atoms with E-state index in [2.05, 4.69) is 15.6 Å². The molecule has 1 aromatic carbocycles. The Hall–Kier alpha value is -2.85. The van der Waals surface area contributed by atoms with E-state index in [0.717, 1.165) is 25.7 Å². The molecule has 3 rings (SSSR count). The number of hydrogen-bond donors (Lipinski definition) is 2. The van der Waals surface area contributed by atoms with Gasteiger partial charge in [0.25, 0.3) is 0 Å². The first kappa shape index (κ1) is 29.7. The fourth-order valence-corrected chi connectivity index (χ4v) is 5.50. The molecule has 0 saturated heterocycles. The lowest BCUT2D eigenvalue weighted by Crippen LogP contribution is -2.46. The lowest BCUT2D eigenvalue weighted by Gasteiger charge is -2.43. The van der Waals surface area contributed by atoms with Crippen molar-refractivity contribution in [3.63, 3.8) is 0 Å². The average molecular weight is 526 g/mol. The number of nitrogens with zero attached hydrogens (tertiary/aromatic N) is 3. The van der Waals surface area contributed by atoms with Crippen LogP contribution < -0.4 is 10.6 Å². The van der Waals surface area contributed by atoms with Gasteiger partial charge in [-0.1, -0.05) is 27.7 Å². The Morgan fingerprint density at radius 1 is 0.658 bits per heavy atom. The highest BCUT2D eigenvalue weighted by molar-refractivity contribution is 6.31. The Balaban J connectivity index is 1.90. The van der Waals surface area contributed by atoms with Gasteiger partial charge in [-0.2, -0.15) is 0 Å². The van der Waals surface area contributed by atoms with Crippen LogP contribution in [0.4, 0.5) is 11.4 Å². The molecule has 2 N–H and O–H groups in total. The van der Waals surface area contributed by atoms with Gasteiger partial charge in [0.1, 0.15) is 0 Å². The van der Waals surface area contributed by atoms with Crippen molar-refractivity contribution < 1.29 is 18.9 Å². The lowest BCUT2D eigenvalue weighted by atomic mass is 9.83. The summed E-state index contributed by atoms with van der Waals surface area (Å²) in [6.07, 6.45) is 6.15. The van der Waals surface area contributed by atoms with Crippen LogP contribution in [-0.4, -0.2) is 78.2 Å². The van der Waals surface area contributed by atoms with Crippen molar-refractivity contribution in [1.29, 1.82) is 0 Å². The summed E-state index contributed by atoms with van der Waals surface area (Å²) < 4.78 is -0.569. The monoisotopic (exact) mass is 525 g/mol. The SMILES string of the molecule is CCC[N+]([O-])(CCC)CCNc1ccc(NCC[N+]([O-])(CCC)CCC)c2c1C(=O)c1ccncc1C2=O. The number of nitrogens with one attached hydrogen (secondary N) is 2. The molecule has 0 bridgehead atoms. The van der Waals surface area contributed by atoms with Gasteiger partial charge in [-0.3, -0.25) is 14.6 Å². The van der Waals surface area contributed by atoms with Gasteiger partial charge < -0.3 is 30.3 Å². The van der Waals surface area contributed by atoms with E-state index in [1.54, 1.807) is 18.2 Å². The molecule has 0 atom stereocenters. The van der Waals surface area contributed by atoms with E-state index >= 15 is 0 Å². The van der Waals surface area contributed by atoms with Gasteiger partial charge in [-0.25, -0.2) is 0 Å². The second-order valence-electron chi connectivity index (χ2n) is 10.3. The first-order valence-electron chi connectivity index (χ1n) is 14.0. The van der Waals surface area contributed by atoms with Crippen LogP contribution >= 0.6 is 0 Å². The number of hydroxylamine groups is 6. The minimum atomic E-state index is -0.286. The van der Waals surface area contributed by atoms with Crippen molar-refractivity contribution in [2.75, 3.05) is 63.0 Å². The first-order chi connectivity index (χ1) is 18.2. The number of hydrogen-bond acceptors (Lipinski definition) is 7. The summed E-state index contributed by atoms with van der Waals surface area (Å²) in [5, 5.41) is 32.8. The molecule has 9 heteroatoms. The van der Waals surface area contributed by atoms with E-state index in [-0.39, 0.29) is 26.4 Å². The molecule has 0 fully saturated rings. The van der Waals surface area contributed by atoms with Crippen molar-refractivity contribution in [1.82, 2.24) is 4.98 Å². The van der Waals surface area contributed by atoms with Gasteiger partial charge >= 0.3 is 0 Å². The van der Waals surface area contributed by atoms with Crippen LogP contribution in [0.5, 0.6) is 0 Å². The number of carbonyl (C=O) groups is 2. The molecule has 2 aromatic rings. The highest BCUT2D eigenvalue weighted by Crippen LogP contribution is 2.36. The van der Waals surface area contributed by atoms with Crippen LogP contribution in [0, 0.1) is 10.4 Å². The molecule has 0 radical (unpaired) electrons. The lowest BCUT2D eigenvalue weighted by molar-refractivity contribution is -0.879. The van der Waals surface area contributed by atoms with E-state index < -0.39 is 0 Å². The topological polar surface area (TPSA) is 117 Å². The molecular weight excluding hydrogens is 482 g/mol. The zero-order chi connectivity index (χ0) is 27.8. The van der Waals surface area contributed by atoms with Gasteiger partial charge in [0.15, 0.2) is 11.6 Å². The molecule has 1 aromatic heterocycles. The standard InChI is InChI=1S/C29H43N5O4/c1-5-15-33(37,16-6-2)19-13-31-24-9-10-25(32-14-20-34(38,17-7-3)18-8-4)27-26(24)28(35)22-11-12-30-21-23(22)29(27)36/h9-12,21,31-32H,5-8,13-20H2,1-4H3. The first-order valence-corrected chi connectivity index (χ1v) is 14.0. The largest absolute Gasteiger partial charge is 0.633 e. The van der Waals surface area contributed by atoms with E-state index in [0.29, 0.717) is 80.4 Å². The molecule has 1 heterocycles. The Morgan fingerprint density at radius 3 is 1.50 bits per heavy atom. The molecule has 38 heavy (non-hydrogen) atoms. The van der Waals surface area contributed by atoms with Crippen LogP contribution in [0.15, 0.2) is 30.6 Å². The van der Waals surface area contributed by atoms with Crippen molar-refractivity contribution in [2.24, 2.45) is 0 Å². The molecule has 9 nitrogen and oxygen atoms in total. The summed E-state index contributed by atoms with van der Waals surface area (Å²) in [4.78, 5) is 31.3. The van der Waals surface area contributed by atoms with Crippen LogP contribution in [-0.2, 0) is 0 Å². The molecule has 0 aliphatic heterocycles. The van der Waals surface area contributed by atoms with Gasteiger partial charge in [-0.15, -0.1) is 0 Å². The maximum atomic E-state index is 13.6. The van der Waals surface area contributed by atoms with Crippen LogP contribution in [0.25, 0.3) is 0 Å². The van der Waals surface area contributed by atoms with Crippen molar-refractivity contribution >= 4 is 22.9 Å². The number of carbonyl (C=O) groups excluding carboxylic acids is 2. The van der Waals surface area contributed by atoms with E-state index in [1.807, 2.05) is 27.7 Å². The smallest absolute Gasteiger partial charge is 0.198 e. The van der Waals surface area contributed by atoms with Crippen LogP contribution in [0.1, 0.15) is 85.2 Å². The molecule has 1 aliphatic rings. The molecule has 0 unspecified atom stereocenters. The summed E-state index contributed by atoms with van der Waals surface area (Å²) in [5.41, 5.74) is 2.27. The van der Waals surface area contributed by atoms with Gasteiger partial charge in [0.05, 0.1) is 69.0 Å². The molecule has 208 valence electrons. The fourth-order valence-electron chi connectivity index (χ4n) is 5.50. The summed E-state index contributed by atoms with van der Waals surface area (Å²) in [6.45, 7) is 11.7. The normalized spacial score (nSPS) is 13.3.